The highest BCUT2D eigenvalue weighted by Crippen LogP contribution is 1.93. The Bertz CT molecular complexity index is 399. The van der Waals surface area contributed by atoms with Gasteiger partial charge in [0.1, 0.15) is 0 Å². The molecule has 0 unspecified atom stereocenters. The monoisotopic (exact) mass is 301 g/mol. The highest BCUT2D eigenvalue weighted by Gasteiger charge is 2.07. The Labute approximate surface area is 123 Å². The van der Waals surface area contributed by atoms with Crippen LogP contribution in [0, 0.1) is 0 Å². The first-order valence-corrected chi connectivity index (χ1v) is 6.83. The zero-order chi connectivity index (χ0) is 15.3. The zero-order valence-electron chi connectivity index (χ0n) is 12.3. The van der Waals surface area contributed by atoms with Crippen LogP contribution in [0.1, 0.15) is 10.5 Å². The van der Waals surface area contributed by atoms with Gasteiger partial charge in [0.25, 0.3) is 5.91 Å². The van der Waals surface area contributed by atoms with Crippen molar-refractivity contribution >= 4 is 5.91 Å². The molecule has 1 rings (SSSR count). The molecule has 0 aromatic carbocycles. The van der Waals surface area contributed by atoms with Crippen molar-refractivity contribution in [3.8, 4) is 0 Å². The molecule has 0 bridgehead atoms. The van der Waals surface area contributed by atoms with Gasteiger partial charge in [-0.2, -0.15) is 0 Å². The number of nitrogens with two attached hydrogens (primary N) is 1. The Balaban J connectivity index is 1.97. The maximum absolute atomic E-state index is 11.3. The van der Waals surface area contributed by atoms with Crippen LogP contribution < -0.4 is 11.1 Å². The van der Waals surface area contributed by atoms with Crippen molar-refractivity contribution in [2.24, 2.45) is 5.73 Å². The lowest BCUT2D eigenvalue weighted by molar-refractivity contribution is 0.0141. The first-order valence-electron chi connectivity index (χ1n) is 6.83. The van der Waals surface area contributed by atoms with Crippen LogP contribution in [-0.4, -0.2) is 74.1 Å². The molecular formula is C12H23N5O4. The van der Waals surface area contributed by atoms with E-state index in [0.29, 0.717) is 58.4 Å². The summed E-state index contributed by atoms with van der Waals surface area (Å²) in [4.78, 5) is 11.3. The van der Waals surface area contributed by atoms with Crippen LogP contribution in [-0.2, 0) is 20.8 Å². The van der Waals surface area contributed by atoms with E-state index in [-0.39, 0.29) is 5.91 Å². The van der Waals surface area contributed by atoms with Crippen LogP contribution in [0.15, 0.2) is 6.20 Å². The lowest BCUT2D eigenvalue weighted by Crippen LogP contribution is -2.18. The zero-order valence-corrected chi connectivity index (χ0v) is 12.3. The topological polar surface area (TPSA) is 114 Å². The largest absolute Gasteiger partial charge is 0.378 e. The number of nitrogens with zero attached hydrogens (tertiary/aromatic N) is 3. The lowest BCUT2D eigenvalue weighted by Gasteiger charge is -2.06. The number of hydrogen-bond acceptors (Lipinski definition) is 7. The second-order valence-electron chi connectivity index (χ2n) is 4.07. The van der Waals surface area contributed by atoms with Crippen molar-refractivity contribution in [1.29, 1.82) is 0 Å². The summed E-state index contributed by atoms with van der Waals surface area (Å²) >= 11 is 0. The minimum Gasteiger partial charge on any atom is -0.378 e. The maximum atomic E-state index is 11.3. The standard InChI is InChI=1S/C12H23N5O4/c1-14-12(18)11-10-17(16-15-11)3-5-20-7-9-21-8-6-19-4-2-13/h10H,2-9,13H2,1H3,(H,14,18). The summed E-state index contributed by atoms with van der Waals surface area (Å²) in [5, 5.41) is 10.1. The number of aromatic nitrogens is 3. The molecule has 0 radical (unpaired) electrons. The molecule has 3 N–H and O–H groups in total. The van der Waals surface area contributed by atoms with E-state index in [1.165, 1.54) is 0 Å². The molecule has 0 aliphatic carbocycles. The van der Waals surface area contributed by atoms with E-state index in [1.54, 1.807) is 17.9 Å². The smallest absolute Gasteiger partial charge is 0.273 e. The fourth-order valence-electron chi connectivity index (χ4n) is 1.42. The molecule has 0 aliphatic heterocycles. The van der Waals surface area contributed by atoms with Gasteiger partial charge in [0.15, 0.2) is 5.69 Å². The van der Waals surface area contributed by atoms with Gasteiger partial charge in [0.05, 0.1) is 52.4 Å². The summed E-state index contributed by atoms with van der Waals surface area (Å²) in [7, 11) is 1.55. The van der Waals surface area contributed by atoms with Crippen molar-refractivity contribution in [1.82, 2.24) is 20.3 Å². The van der Waals surface area contributed by atoms with E-state index >= 15 is 0 Å². The van der Waals surface area contributed by atoms with E-state index in [4.69, 9.17) is 19.9 Å². The molecule has 1 heterocycles. The molecule has 1 aromatic rings. The van der Waals surface area contributed by atoms with E-state index in [9.17, 15) is 4.79 Å². The number of carbonyl (C=O) groups is 1. The molecule has 120 valence electrons. The fraction of sp³-hybridized carbons (Fsp3) is 0.750. The molecule has 9 heteroatoms. The molecule has 0 spiro atoms. The molecule has 0 fully saturated rings. The number of rotatable bonds is 12. The minimum atomic E-state index is -0.257. The lowest BCUT2D eigenvalue weighted by atomic mass is 10.4. The van der Waals surface area contributed by atoms with Crippen LogP contribution in [0.4, 0.5) is 0 Å². The fourth-order valence-corrected chi connectivity index (χ4v) is 1.42. The van der Waals surface area contributed by atoms with Crippen molar-refractivity contribution in [3.05, 3.63) is 11.9 Å². The van der Waals surface area contributed by atoms with Crippen LogP contribution in [0.3, 0.4) is 0 Å². The van der Waals surface area contributed by atoms with Crippen molar-refractivity contribution < 1.29 is 19.0 Å². The van der Waals surface area contributed by atoms with Crippen LogP contribution >= 0.6 is 0 Å². The predicted molar refractivity (Wildman–Crippen MR) is 74.9 cm³/mol. The third kappa shape index (κ3) is 7.71. The van der Waals surface area contributed by atoms with Crippen molar-refractivity contribution in [2.45, 2.75) is 6.54 Å². The summed E-state index contributed by atoms with van der Waals surface area (Å²) < 4.78 is 17.4. The van der Waals surface area contributed by atoms with Crippen molar-refractivity contribution in [2.75, 3.05) is 53.2 Å². The highest BCUT2D eigenvalue weighted by molar-refractivity contribution is 5.91. The number of hydrogen-bond donors (Lipinski definition) is 2. The van der Waals surface area contributed by atoms with E-state index < -0.39 is 0 Å². The highest BCUT2D eigenvalue weighted by atomic mass is 16.5. The van der Waals surface area contributed by atoms with Gasteiger partial charge in [0, 0.05) is 13.6 Å². The Morgan fingerprint density at radius 1 is 1.19 bits per heavy atom. The third-order valence-electron chi connectivity index (χ3n) is 2.47. The average Bonchev–Trinajstić information content (AvgIpc) is 2.97. The van der Waals surface area contributed by atoms with Crippen molar-refractivity contribution in [3.63, 3.8) is 0 Å². The quantitative estimate of drug-likeness (QED) is 0.459. The van der Waals surface area contributed by atoms with Gasteiger partial charge in [-0.25, -0.2) is 4.68 Å². The predicted octanol–water partition coefficient (Wildman–Crippen LogP) is -1.35. The minimum absolute atomic E-state index is 0.257. The first-order chi connectivity index (χ1) is 10.3. The summed E-state index contributed by atoms with van der Waals surface area (Å²) in [6, 6.07) is 0. The van der Waals surface area contributed by atoms with Crippen LogP contribution in [0.2, 0.25) is 0 Å². The Hall–Kier alpha value is -1.55. The molecule has 9 nitrogen and oxygen atoms in total. The van der Waals surface area contributed by atoms with Gasteiger partial charge >= 0.3 is 0 Å². The Morgan fingerprint density at radius 3 is 2.43 bits per heavy atom. The molecule has 1 amide bonds. The normalized spacial score (nSPS) is 10.8. The van der Waals surface area contributed by atoms with E-state index in [2.05, 4.69) is 15.6 Å². The third-order valence-corrected chi connectivity index (χ3v) is 2.47. The maximum Gasteiger partial charge on any atom is 0.273 e. The van der Waals surface area contributed by atoms with Gasteiger partial charge in [-0.3, -0.25) is 4.79 Å². The number of nitrogens with one attached hydrogen (secondary N) is 1. The molecule has 1 aromatic heterocycles. The Kier molecular flexibility index (Phi) is 9.29. The molecule has 21 heavy (non-hydrogen) atoms. The van der Waals surface area contributed by atoms with Gasteiger partial charge in [0.2, 0.25) is 0 Å². The number of amides is 1. The Morgan fingerprint density at radius 2 is 1.81 bits per heavy atom. The second-order valence-corrected chi connectivity index (χ2v) is 4.07. The molecule has 0 saturated carbocycles. The summed E-state index contributed by atoms with van der Waals surface area (Å²) in [6.07, 6.45) is 1.58. The average molecular weight is 301 g/mol. The van der Waals surface area contributed by atoms with E-state index in [1.807, 2.05) is 0 Å². The number of ether oxygens (including phenoxy) is 3. The summed E-state index contributed by atoms with van der Waals surface area (Å²) in [5.41, 5.74) is 5.57. The van der Waals surface area contributed by atoms with Crippen LogP contribution in [0.25, 0.3) is 0 Å². The molecule has 0 atom stereocenters. The van der Waals surface area contributed by atoms with E-state index in [0.717, 1.165) is 0 Å². The molecule has 0 saturated heterocycles. The molecule has 0 aliphatic rings. The summed E-state index contributed by atoms with van der Waals surface area (Å²) in [6.45, 7) is 4.15. The van der Waals surface area contributed by atoms with Crippen LogP contribution in [0.5, 0.6) is 0 Å². The first kappa shape index (κ1) is 17.5. The van der Waals surface area contributed by atoms with Gasteiger partial charge < -0.3 is 25.3 Å². The number of carbonyl (C=O) groups excluding carboxylic acids is 1. The summed E-state index contributed by atoms with van der Waals surface area (Å²) in [5.74, 6) is -0.257. The SMILES string of the molecule is CNC(=O)c1cn(CCOCCOCCOCCN)nn1. The van der Waals surface area contributed by atoms with Gasteiger partial charge in [-0.15, -0.1) is 5.10 Å². The van der Waals surface area contributed by atoms with Gasteiger partial charge in [-0.05, 0) is 0 Å². The van der Waals surface area contributed by atoms with Gasteiger partial charge in [-0.1, -0.05) is 5.21 Å². The molecular weight excluding hydrogens is 278 g/mol. The second kappa shape index (κ2) is 11.1.